The second kappa shape index (κ2) is 4.28. The Morgan fingerprint density at radius 2 is 1.79 bits per heavy atom. The van der Waals surface area contributed by atoms with E-state index in [-0.39, 0.29) is 25.1 Å². The van der Waals surface area contributed by atoms with Crippen LogP contribution in [0.2, 0.25) is 0 Å². The second-order valence-corrected chi connectivity index (χ2v) is 8.32. The van der Waals surface area contributed by atoms with E-state index in [1.807, 2.05) is 0 Å². The summed E-state index contributed by atoms with van der Waals surface area (Å²) in [6.45, 7) is 0. The smallest absolute Gasteiger partial charge is 0.156 e. The highest BCUT2D eigenvalue weighted by atomic mass is 32.2. The molecule has 2 saturated heterocycles. The zero-order chi connectivity index (χ0) is 13.7. The molecular weight excluding hydrogens is 267 g/mol. The Kier molecular flexibility index (Phi) is 2.94. The second-order valence-electron chi connectivity index (χ2n) is 5.81. The summed E-state index contributed by atoms with van der Waals surface area (Å²) in [6.07, 6.45) is 1.93. The van der Waals surface area contributed by atoms with Crippen molar-refractivity contribution in [2.75, 3.05) is 0 Å². The molecule has 0 radical (unpaired) electrons. The fourth-order valence-electron chi connectivity index (χ4n) is 3.48. The van der Waals surface area contributed by atoms with Crippen molar-refractivity contribution in [3.63, 3.8) is 0 Å². The molecule has 2 fully saturated rings. The van der Waals surface area contributed by atoms with Gasteiger partial charge in [0, 0.05) is 6.42 Å². The average Bonchev–Trinajstić information content (AvgIpc) is 2.52. The molecule has 3 rings (SSSR count). The van der Waals surface area contributed by atoms with Crippen LogP contribution < -0.4 is 0 Å². The molecule has 2 atom stereocenters. The van der Waals surface area contributed by atoms with Gasteiger partial charge in [-0.05, 0) is 37.3 Å². The molecule has 2 unspecified atom stereocenters. The first-order valence-corrected chi connectivity index (χ1v) is 8.20. The topological polar surface area (TPSA) is 54.4 Å². The number of hydrogen-bond acceptors (Lipinski definition) is 3. The average molecular weight is 284 g/mol. The minimum absolute atomic E-state index is 0.197. The summed E-state index contributed by atoms with van der Waals surface area (Å²) in [6, 6.07) is 6.36. The SMILES string of the molecule is O=S1(=O)C2CCC1CC(O)(Cc1ccccc1F)C2. The summed E-state index contributed by atoms with van der Waals surface area (Å²) in [5.41, 5.74) is -0.622. The monoisotopic (exact) mass is 284 g/mol. The van der Waals surface area contributed by atoms with Crippen LogP contribution in [0.15, 0.2) is 24.3 Å². The molecule has 0 spiro atoms. The molecule has 1 N–H and O–H groups in total. The summed E-state index contributed by atoms with van der Waals surface area (Å²) in [5, 5.41) is 9.75. The van der Waals surface area contributed by atoms with Gasteiger partial charge in [0.25, 0.3) is 0 Å². The zero-order valence-corrected chi connectivity index (χ0v) is 11.4. The summed E-state index contributed by atoms with van der Waals surface area (Å²) >= 11 is 0. The summed E-state index contributed by atoms with van der Waals surface area (Å²) in [5.74, 6) is -0.336. The van der Waals surface area contributed by atoms with Crippen molar-refractivity contribution in [1.82, 2.24) is 0 Å². The van der Waals surface area contributed by atoms with Crippen molar-refractivity contribution < 1.29 is 17.9 Å². The van der Waals surface area contributed by atoms with Gasteiger partial charge in [-0.1, -0.05) is 18.2 Å². The molecule has 104 valence electrons. The molecule has 0 aliphatic carbocycles. The van der Waals surface area contributed by atoms with Crippen LogP contribution in [-0.4, -0.2) is 29.6 Å². The van der Waals surface area contributed by atoms with Gasteiger partial charge in [-0.3, -0.25) is 0 Å². The van der Waals surface area contributed by atoms with Gasteiger partial charge in [0.05, 0.1) is 16.1 Å². The molecule has 3 nitrogen and oxygen atoms in total. The molecule has 2 heterocycles. The van der Waals surface area contributed by atoms with Crippen molar-refractivity contribution in [3.8, 4) is 0 Å². The Labute approximate surface area is 112 Å². The number of benzene rings is 1. The van der Waals surface area contributed by atoms with Crippen molar-refractivity contribution in [3.05, 3.63) is 35.6 Å². The van der Waals surface area contributed by atoms with Gasteiger partial charge in [-0.2, -0.15) is 0 Å². The Morgan fingerprint density at radius 1 is 1.21 bits per heavy atom. The highest BCUT2D eigenvalue weighted by Crippen LogP contribution is 2.44. The van der Waals surface area contributed by atoms with Crippen LogP contribution in [0.1, 0.15) is 31.2 Å². The van der Waals surface area contributed by atoms with Crippen LogP contribution in [0.25, 0.3) is 0 Å². The van der Waals surface area contributed by atoms with E-state index in [0.29, 0.717) is 18.4 Å². The van der Waals surface area contributed by atoms with Gasteiger partial charge < -0.3 is 5.11 Å². The van der Waals surface area contributed by atoms with Gasteiger partial charge in [-0.15, -0.1) is 0 Å². The number of halogens is 1. The lowest BCUT2D eigenvalue weighted by atomic mass is 9.86. The third-order valence-electron chi connectivity index (χ3n) is 4.43. The maximum atomic E-state index is 13.6. The number of fused-ring (bicyclic) bond motifs is 2. The first kappa shape index (κ1) is 13.1. The van der Waals surface area contributed by atoms with E-state index in [1.165, 1.54) is 6.07 Å². The standard InChI is InChI=1S/C14H17FO3S/c15-13-4-2-1-3-10(13)7-14(16)8-11-5-6-12(9-14)19(11,17)18/h1-4,11-12,16H,5-9H2. The largest absolute Gasteiger partial charge is 0.389 e. The van der Waals surface area contributed by atoms with Crippen molar-refractivity contribution in [2.24, 2.45) is 0 Å². The predicted molar refractivity (Wildman–Crippen MR) is 70.0 cm³/mol. The van der Waals surface area contributed by atoms with E-state index in [0.717, 1.165) is 0 Å². The fraction of sp³-hybridized carbons (Fsp3) is 0.571. The lowest BCUT2D eigenvalue weighted by molar-refractivity contribution is 0.0212. The lowest BCUT2D eigenvalue weighted by Gasteiger charge is -2.36. The van der Waals surface area contributed by atoms with E-state index >= 15 is 0 Å². The maximum Gasteiger partial charge on any atom is 0.156 e. The first-order valence-electron chi connectivity index (χ1n) is 6.59. The number of aliphatic hydroxyl groups is 1. The van der Waals surface area contributed by atoms with E-state index in [1.54, 1.807) is 18.2 Å². The normalized spacial score (nSPS) is 36.3. The molecule has 19 heavy (non-hydrogen) atoms. The van der Waals surface area contributed by atoms with Crippen LogP contribution in [-0.2, 0) is 16.3 Å². The van der Waals surface area contributed by atoms with E-state index < -0.39 is 25.9 Å². The minimum Gasteiger partial charge on any atom is -0.389 e. The van der Waals surface area contributed by atoms with Gasteiger partial charge in [-0.25, -0.2) is 12.8 Å². The van der Waals surface area contributed by atoms with Crippen molar-refractivity contribution >= 4 is 9.84 Å². The van der Waals surface area contributed by atoms with Crippen LogP contribution in [0.5, 0.6) is 0 Å². The summed E-state index contributed by atoms with van der Waals surface area (Å²) in [7, 11) is -3.06. The van der Waals surface area contributed by atoms with Gasteiger partial charge in [0.15, 0.2) is 9.84 Å². The van der Waals surface area contributed by atoms with Crippen LogP contribution in [0, 0.1) is 5.82 Å². The minimum atomic E-state index is -3.06. The number of sulfone groups is 1. The molecule has 5 heteroatoms. The van der Waals surface area contributed by atoms with Crippen LogP contribution in [0.3, 0.4) is 0 Å². The number of hydrogen-bond donors (Lipinski definition) is 1. The van der Waals surface area contributed by atoms with Crippen LogP contribution >= 0.6 is 0 Å². The fourth-order valence-corrected chi connectivity index (χ4v) is 6.04. The highest BCUT2D eigenvalue weighted by Gasteiger charge is 2.52. The van der Waals surface area contributed by atoms with Crippen molar-refractivity contribution in [2.45, 2.75) is 48.2 Å². The maximum absolute atomic E-state index is 13.6. The van der Waals surface area contributed by atoms with Crippen molar-refractivity contribution in [1.29, 1.82) is 0 Å². The molecule has 1 aromatic carbocycles. The molecule has 0 amide bonds. The highest BCUT2D eigenvalue weighted by molar-refractivity contribution is 7.93. The molecule has 2 aliphatic heterocycles. The predicted octanol–water partition coefficient (Wildman–Crippen LogP) is 1.84. The molecule has 2 bridgehead atoms. The van der Waals surface area contributed by atoms with Crippen LogP contribution in [0.4, 0.5) is 4.39 Å². The molecular formula is C14H17FO3S. The van der Waals surface area contributed by atoms with Gasteiger partial charge in [0.1, 0.15) is 5.82 Å². The first-order chi connectivity index (χ1) is 8.91. The molecule has 1 aromatic rings. The van der Waals surface area contributed by atoms with Gasteiger partial charge in [0.2, 0.25) is 0 Å². The lowest BCUT2D eigenvalue weighted by Crippen LogP contribution is -2.46. The van der Waals surface area contributed by atoms with E-state index in [4.69, 9.17) is 0 Å². The Morgan fingerprint density at radius 3 is 2.37 bits per heavy atom. The Balaban J connectivity index is 1.85. The Hall–Kier alpha value is -0.940. The molecule has 0 aromatic heterocycles. The third-order valence-corrected chi connectivity index (χ3v) is 7.10. The molecule has 0 saturated carbocycles. The van der Waals surface area contributed by atoms with E-state index in [2.05, 4.69) is 0 Å². The zero-order valence-electron chi connectivity index (χ0n) is 10.5. The summed E-state index contributed by atoms with van der Waals surface area (Å²) in [4.78, 5) is 0. The quantitative estimate of drug-likeness (QED) is 0.901. The number of rotatable bonds is 2. The third kappa shape index (κ3) is 2.19. The Bertz CT molecular complexity index is 576. The van der Waals surface area contributed by atoms with Gasteiger partial charge >= 0.3 is 0 Å². The summed E-state index contributed by atoms with van der Waals surface area (Å²) < 4.78 is 37.6. The van der Waals surface area contributed by atoms with E-state index in [9.17, 15) is 17.9 Å². The molecule has 2 aliphatic rings.